The molecule has 1 aliphatic rings. The van der Waals surface area contributed by atoms with Crippen LogP contribution in [0.4, 0.5) is 0 Å². The van der Waals surface area contributed by atoms with Gasteiger partial charge in [0, 0.05) is 12.3 Å². The van der Waals surface area contributed by atoms with Crippen LogP contribution in [0.25, 0.3) is 0 Å². The highest BCUT2D eigenvalue weighted by molar-refractivity contribution is 7.08. The standard InChI is InChI=1S/C10H12OS/c11-10-4-2-1-3-9(10)8-5-6-12-7-8/h5-7,9H,1-4H2. The lowest BCUT2D eigenvalue weighted by atomic mass is 9.84. The molecular formula is C10H12OS. The van der Waals surface area contributed by atoms with Gasteiger partial charge in [0.1, 0.15) is 5.78 Å². The number of rotatable bonds is 1. The number of thiophene rings is 1. The number of hydrogen-bond donors (Lipinski definition) is 0. The molecule has 1 fully saturated rings. The Morgan fingerprint density at radius 2 is 2.33 bits per heavy atom. The fourth-order valence-corrected chi connectivity index (χ4v) is 2.52. The highest BCUT2D eigenvalue weighted by Crippen LogP contribution is 2.30. The van der Waals surface area contributed by atoms with Gasteiger partial charge in [0.2, 0.25) is 0 Å². The molecule has 0 amide bonds. The lowest BCUT2D eigenvalue weighted by Gasteiger charge is -2.19. The smallest absolute Gasteiger partial charge is 0.140 e. The zero-order valence-electron chi connectivity index (χ0n) is 6.95. The van der Waals surface area contributed by atoms with Gasteiger partial charge in [0.05, 0.1) is 0 Å². The molecule has 0 aromatic carbocycles. The minimum absolute atomic E-state index is 0.227. The van der Waals surface area contributed by atoms with Gasteiger partial charge in [-0.15, -0.1) is 0 Å². The molecule has 0 spiro atoms. The molecule has 0 radical (unpaired) electrons. The van der Waals surface area contributed by atoms with Crippen LogP contribution in [-0.2, 0) is 4.79 Å². The van der Waals surface area contributed by atoms with Crippen LogP contribution in [0.3, 0.4) is 0 Å². The average Bonchev–Trinajstić information content (AvgIpc) is 2.57. The highest BCUT2D eigenvalue weighted by atomic mass is 32.1. The Bertz CT molecular complexity index is 263. The zero-order valence-corrected chi connectivity index (χ0v) is 7.77. The van der Waals surface area contributed by atoms with Crippen LogP contribution >= 0.6 is 11.3 Å². The van der Waals surface area contributed by atoms with Gasteiger partial charge in [-0.25, -0.2) is 0 Å². The summed E-state index contributed by atoms with van der Waals surface area (Å²) < 4.78 is 0. The number of hydrogen-bond acceptors (Lipinski definition) is 2. The Morgan fingerprint density at radius 1 is 1.42 bits per heavy atom. The summed E-state index contributed by atoms with van der Waals surface area (Å²) in [7, 11) is 0. The van der Waals surface area contributed by atoms with E-state index < -0.39 is 0 Å². The third-order valence-corrected chi connectivity index (χ3v) is 3.20. The molecule has 64 valence electrons. The van der Waals surface area contributed by atoms with Gasteiger partial charge in [0.15, 0.2) is 0 Å². The molecule has 1 nitrogen and oxygen atoms in total. The van der Waals surface area contributed by atoms with Crippen molar-refractivity contribution in [2.75, 3.05) is 0 Å². The molecule has 1 saturated carbocycles. The molecule has 2 heteroatoms. The molecule has 1 heterocycles. The zero-order chi connectivity index (χ0) is 8.39. The molecule has 1 aromatic heterocycles. The van der Waals surface area contributed by atoms with Crippen molar-refractivity contribution in [3.8, 4) is 0 Å². The van der Waals surface area contributed by atoms with Crippen LogP contribution in [0, 0.1) is 0 Å². The quantitative estimate of drug-likeness (QED) is 0.649. The SMILES string of the molecule is O=C1CCCCC1c1ccsc1. The maximum atomic E-state index is 11.5. The monoisotopic (exact) mass is 180 g/mol. The molecule has 0 bridgehead atoms. The minimum Gasteiger partial charge on any atom is -0.299 e. The second kappa shape index (κ2) is 3.40. The van der Waals surface area contributed by atoms with Gasteiger partial charge < -0.3 is 0 Å². The predicted molar refractivity (Wildman–Crippen MR) is 50.5 cm³/mol. The maximum Gasteiger partial charge on any atom is 0.140 e. The van der Waals surface area contributed by atoms with E-state index in [0.29, 0.717) is 5.78 Å². The summed E-state index contributed by atoms with van der Waals surface area (Å²) >= 11 is 1.68. The van der Waals surface area contributed by atoms with Gasteiger partial charge in [-0.2, -0.15) is 11.3 Å². The fourth-order valence-electron chi connectivity index (χ4n) is 1.81. The Morgan fingerprint density at radius 3 is 3.00 bits per heavy atom. The van der Waals surface area contributed by atoms with Crippen molar-refractivity contribution < 1.29 is 4.79 Å². The fraction of sp³-hybridized carbons (Fsp3) is 0.500. The minimum atomic E-state index is 0.227. The summed E-state index contributed by atoms with van der Waals surface area (Å²) in [5.41, 5.74) is 1.24. The average molecular weight is 180 g/mol. The predicted octanol–water partition coefficient (Wildman–Crippen LogP) is 2.97. The largest absolute Gasteiger partial charge is 0.299 e. The van der Waals surface area contributed by atoms with Crippen molar-refractivity contribution in [2.45, 2.75) is 31.6 Å². The van der Waals surface area contributed by atoms with E-state index >= 15 is 0 Å². The lowest BCUT2D eigenvalue weighted by Crippen LogP contribution is -2.16. The summed E-state index contributed by atoms with van der Waals surface area (Å²) in [5.74, 6) is 0.671. The van der Waals surface area contributed by atoms with Crippen molar-refractivity contribution in [3.05, 3.63) is 22.4 Å². The first-order chi connectivity index (χ1) is 5.88. The van der Waals surface area contributed by atoms with E-state index in [4.69, 9.17) is 0 Å². The van der Waals surface area contributed by atoms with Crippen molar-refractivity contribution in [3.63, 3.8) is 0 Å². The van der Waals surface area contributed by atoms with Gasteiger partial charge in [-0.1, -0.05) is 6.42 Å². The van der Waals surface area contributed by atoms with Crippen LogP contribution in [0.1, 0.15) is 37.2 Å². The Kier molecular flexibility index (Phi) is 2.26. The van der Waals surface area contributed by atoms with Crippen LogP contribution < -0.4 is 0 Å². The van der Waals surface area contributed by atoms with E-state index in [2.05, 4.69) is 16.8 Å². The van der Waals surface area contributed by atoms with Crippen LogP contribution in [0.5, 0.6) is 0 Å². The van der Waals surface area contributed by atoms with Gasteiger partial charge in [0.25, 0.3) is 0 Å². The Labute approximate surface area is 76.4 Å². The molecule has 2 rings (SSSR count). The van der Waals surface area contributed by atoms with Gasteiger partial charge in [-0.05, 0) is 35.2 Å². The number of Topliss-reactive ketones (excluding diaryl/α,β-unsaturated/α-hetero) is 1. The molecule has 1 unspecified atom stereocenters. The highest BCUT2D eigenvalue weighted by Gasteiger charge is 2.23. The summed E-state index contributed by atoms with van der Waals surface area (Å²) in [6.45, 7) is 0. The van der Waals surface area contributed by atoms with E-state index in [-0.39, 0.29) is 5.92 Å². The van der Waals surface area contributed by atoms with Crippen molar-refractivity contribution >= 4 is 17.1 Å². The summed E-state index contributed by atoms with van der Waals surface area (Å²) in [6.07, 6.45) is 4.17. The number of carbonyl (C=O) groups is 1. The lowest BCUT2D eigenvalue weighted by molar-refractivity contribution is -0.121. The van der Waals surface area contributed by atoms with Crippen LogP contribution in [0.15, 0.2) is 16.8 Å². The summed E-state index contributed by atoms with van der Waals surface area (Å²) in [6, 6.07) is 2.08. The molecule has 1 aromatic rings. The van der Waals surface area contributed by atoms with E-state index in [0.717, 1.165) is 19.3 Å². The maximum absolute atomic E-state index is 11.5. The molecule has 12 heavy (non-hydrogen) atoms. The van der Waals surface area contributed by atoms with E-state index in [9.17, 15) is 4.79 Å². The summed E-state index contributed by atoms with van der Waals surface area (Å²) in [4.78, 5) is 11.5. The molecule has 1 atom stereocenters. The third-order valence-electron chi connectivity index (χ3n) is 2.50. The second-order valence-electron chi connectivity index (χ2n) is 3.32. The van der Waals surface area contributed by atoms with Crippen molar-refractivity contribution in [1.29, 1.82) is 0 Å². The number of carbonyl (C=O) groups excluding carboxylic acids is 1. The van der Waals surface area contributed by atoms with E-state index in [1.165, 1.54) is 12.0 Å². The molecule has 1 aliphatic carbocycles. The topological polar surface area (TPSA) is 17.1 Å². The molecule has 0 saturated heterocycles. The Balaban J connectivity index is 2.17. The second-order valence-corrected chi connectivity index (χ2v) is 4.10. The normalized spacial score (nSPS) is 24.3. The molecule has 0 aliphatic heterocycles. The van der Waals surface area contributed by atoms with E-state index in [1.807, 2.05) is 0 Å². The van der Waals surface area contributed by atoms with Crippen LogP contribution in [-0.4, -0.2) is 5.78 Å². The van der Waals surface area contributed by atoms with Crippen LogP contribution in [0.2, 0.25) is 0 Å². The summed E-state index contributed by atoms with van der Waals surface area (Å²) in [5, 5.41) is 4.16. The van der Waals surface area contributed by atoms with Gasteiger partial charge >= 0.3 is 0 Å². The Hall–Kier alpha value is -0.630. The first kappa shape index (κ1) is 7.99. The van der Waals surface area contributed by atoms with Crippen molar-refractivity contribution in [2.24, 2.45) is 0 Å². The van der Waals surface area contributed by atoms with Crippen molar-refractivity contribution in [1.82, 2.24) is 0 Å². The third kappa shape index (κ3) is 1.44. The first-order valence-corrected chi connectivity index (χ1v) is 5.37. The van der Waals surface area contributed by atoms with E-state index in [1.54, 1.807) is 11.3 Å². The molecular weight excluding hydrogens is 168 g/mol. The first-order valence-electron chi connectivity index (χ1n) is 4.43. The number of ketones is 1. The molecule has 0 N–H and O–H groups in total. The van der Waals surface area contributed by atoms with Gasteiger partial charge in [-0.3, -0.25) is 4.79 Å².